The molecule has 0 fully saturated rings. The minimum absolute atomic E-state index is 0.348. The molecule has 0 aliphatic carbocycles. The molecular formula is C4H7ClO2S. The predicted octanol–water partition coefficient (Wildman–Crippen LogP) is 1.05. The molecule has 0 spiro atoms. The lowest BCUT2D eigenvalue weighted by Gasteiger charge is -1.92. The first-order chi connectivity index (χ1) is 3.81. The Morgan fingerprint density at radius 2 is 2.50 bits per heavy atom. The lowest BCUT2D eigenvalue weighted by atomic mass is 11.0. The summed E-state index contributed by atoms with van der Waals surface area (Å²) in [5.74, 6) is 0.702. The molecule has 1 unspecified atom stereocenters. The Bertz CT molecular complexity index is 94.0. The SMILES string of the molecule is C=COS(=O)CCCl. The van der Waals surface area contributed by atoms with Crippen molar-refractivity contribution in [2.75, 3.05) is 11.6 Å². The van der Waals surface area contributed by atoms with Crippen LogP contribution in [0.2, 0.25) is 0 Å². The fourth-order valence-electron chi connectivity index (χ4n) is 0.187. The molecule has 0 aliphatic rings. The summed E-state index contributed by atoms with van der Waals surface area (Å²) in [4.78, 5) is 0. The van der Waals surface area contributed by atoms with Gasteiger partial charge in [-0.25, -0.2) is 4.21 Å². The smallest absolute Gasteiger partial charge is 0.207 e. The van der Waals surface area contributed by atoms with E-state index in [1.807, 2.05) is 0 Å². The van der Waals surface area contributed by atoms with Gasteiger partial charge in [0.25, 0.3) is 0 Å². The van der Waals surface area contributed by atoms with Gasteiger partial charge in [-0.15, -0.1) is 11.6 Å². The lowest BCUT2D eigenvalue weighted by Crippen LogP contribution is -1.98. The molecule has 0 saturated heterocycles. The molecule has 0 N–H and O–H groups in total. The van der Waals surface area contributed by atoms with E-state index in [9.17, 15) is 4.21 Å². The fourth-order valence-corrected chi connectivity index (χ4v) is 0.939. The predicted molar refractivity (Wildman–Crippen MR) is 35.0 cm³/mol. The zero-order valence-corrected chi connectivity index (χ0v) is 5.87. The molecule has 0 bridgehead atoms. The van der Waals surface area contributed by atoms with Crippen molar-refractivity contribution in [1.82, 2.24) is 0 Å². The van der Waals surface area contributed by atoms with E-state index < -0.39 is 11.1 Å². The average molecular weight is 155 g/mol. The Morgan fingerprint density at radius 1 is 1.88 bits per heavy atom. The van der Waals surface area contributed by atoms with Crippen molar-refractivity contribution in [3.05, 3.63) is 12.8 Å². The monoisotopic (exact) mass is 154 g/mol. The van der Waals surface area contributed by atoms with Gasteiger partial charge >= 0.3 is 0 Å². The summed E-state index contributed by atoms with van der Waals surface area (Å²) in [6, 6.07) is 0. The first-order valence-electron chi connectivity index (χ1n) is 2.03. The van der Waals surface area contributed by atoms with Crippen molar-refractivity contribution < 1.29 is 8.39 Å². The number of hydrogen-bond donors (Lipinski definition) is 0. The van der Waals surface area contributed by atoms with E-state index in [0.717, 1.165) is 6.26 Å². The zero-order valence-electron chi connectivity index (χ0n) is 4.30. The molecule has 0 aromatic carbocycles. The number of alkyl halides is 1. The van der Waals surface area contributed by atoms with Crippen LogP contribution in [0.3, 0.4) is 0 Å². The summed E-state index contributed by atoms with van der Waals surface area (Å²) in [5.41, 5.74) is 0. The van der Waals surface area contributed by atoms with E-state index in [-0.39, 0.29) is 0 Å². The number of halogens is 1. The van der Waals surface area contributed by atoms with Crippen LogP contribution in [-0.2, 0) is 15.3 Å². The van der Waals surface area contributed by atoms with Crippen LogP contribution in [-0.4, -0.2) is 15.8 Å². The van der Waals surface area contributed by atoms with Crippen molar-refractivity contribution in [1.29, 1.82) is 0 Å². The third-order valence-corrected chi connectivity index (χ3v) is 1.72. The molecule has 0 heterocycles. The summed E-state index contributed by atoms with van der Waals surface area (Å²) in [6.45, 7) is 3.22. The third kappa shape index (κ3) is 4.15. The molecule has 0 aliphatic heterocycles. The van der Waals surface area contributed by atoms with Gasteiger partial charge < -0.3 is 4.18 Å². The maximum atomic E-state index is 10.4. The van der Waals surface area contributed by atoms with E-state index in [4.69, 9.17) is 11.6 Å². The van der Waals surface area contributed by atoms with E-state index in [1.165, 1.54) is 0 Å². The quantitative estimate of drug-likeness (QED) is 0.447. The van der Waals surface area contributed by atoms with Crippen LogP contribution in [0.15, 0.2) is 12.8 Å². The third-order valence-electron chi connectivity index (χ3n) is 0.419. The Balaban J connectivity index is 3.18. The highest BCUT2D eigenvalue weighted by Crippen LogP contribution is 1.86. The second-order valence-electron chi connectivity index (χ2n) is 0.960. The number of hydrogen-bond acceptors (Lipinski definition) is 2. The highest BCUT2D eigenvalue weighted by Gasteiger charge is 1.92. The molecule has 0 aromatic rings. The van der Waals surface area contributed by atoms with Gasteiger partial charge in [0.15, 0.2) is 0 Å². The fraction of sp³-hybridized carbons (Fsp3) is 0.500. The van der Waals surface area contributed by atoms with Crippen molar-refractivity contribution in [2.45, 2.75) is 0 Å². The van der Waals surface area contributed by atoms with Crippen LogP contribution < -0.4 is 0 Å². The molecule has 2 nitrogen and oxygen atoms in total. The maximum Gasteiger partial charge on any atom is 0.207 e. The molecule has 0 aromatic heterocycles. The van der Waals surface area contributed by atoms with Crippen LogP contribution in [0.1, 0.15) is 0 Å². The van der Waals surface area contributed by atoms with Gasteiger partial charge in [0.2, 0.25) is 11.1 Å². The summed E-state index contributed by atoms with van der Waals surface area (Å²) in [6.07, 6.45) is 1.14. The Labute approximate surface area is 56.1 Å². The average Bonchev–Trinajstić information content (AvgIpc) is 1.68. The van der Waals surface area contributed by atoms with Crippen LogP contribution in [0.25, 0.3) is 0 Å². The Morgan fingerprint density at radius 3 is 2.88 bits per heavy atom. The molecule has 0 rings (SSSR count). The molecule has 4 heteroatoms. The van der Waals surface area contributed by atoms with Gasteiger partial charge in [0, 0.05) is 5.88 Å². The molecule has 8 heavy (non-hydrogen) atoms. The Hall–Kier alpha value is -0.0200. The van der Waals surface area contributed by atoms with Gasteiger partial charge in [0.05, 0.1) is 12.0 Å². The molecule has 1 atom stereocenters. The van der Waals surface area contributed by atoms with E-state index in [1.54, 1.807) is 0 Å². The largest absolute Gasteiger partial charge is 0.409 e. The Kier molecular flexibility index (Phi) is 5.11. The molecule has 48 valence electrons. The molecule has 0 radical (unpaired) electrons. The van der Waals surface area contributed by atoms with Gasteiger partial charge in [-0.1, -0.05) is 6.58 Å². The molecule has 0 saturated carbocycles. The summed E-state index contributed by atoms with van der Waals surface area (Å²) >= 11 is 3.95. The molecular weight excluding hydrogens is 148 g/mol. The van der Waals surface area contributed by atoms with Crippen LogP contribution in [0.5, 0.6) is 0 Å². The lowest BCUT2D eigenvalue weighted by molar-refractivity contribution is 0.508. The number of rotatable bonds is 4. The second-order valence-corrected chi connectivity index (χ2v) is 2.55. The standard InChI is InChI=1S/C4H7ClO2S/c1-2-7-8(6)4-3-5/h2H,1,3-4H2. The van der Waals surface area contributed by atoms with Crippen LogP contribution >= 0.6 is 11.6 Å². The van der Waals surface area contributed by atoms with Crippen molar-refractivity contribution in [3.8, 4) is 0 Å². The summed E-state index contributed by atoms with van der Waals surface area (Å²) in [5, 5.41) is 0. The highest BCUT2D eigenvalue weighted by atomic mass is 35.5. The highest BCUT2D eigenvalue weighted by molar-refractivity contribution is 7.80. The minimum atomic E-state index is -1.27. The van der Waals surface area contributed by atoms with Gasteiger partial charge in [-0.2, -0.15) is 0 Å². The first-order valence-corrected chi connectivity index (χ1v) is 3.81. The van der Waals surface area contributed by atoms with E-state index >= 15 is 0 Å². The minimum Gasteiger partial charge on any atom is -0.409 e. The normalized spacial score (nSPS) is 12.6. The van der Waals surface area contributed by atoms with Gasteiger partial charge in [0.1, 0.15) is 0 Å². The van der Waals surface area contributed by atoms with Gasteiger partial charge in [-0.05, 0) is 0 Å². The topological polar surface area (TPSA) is 26.3 Å². The van der Waals surface area contributed by atoms with Crippen molar-refractivity contribution >= 4 is 22.7 Å². The van der Waals surface area contributed by atoms with Crippen LogP contribution in [0.4, 0.5) is 0 Å². The van der Waals surface area contributed by atoms with E-state index in [2.05, 4.69) is 10.8 Å². The zero-order chi connectivity index (χ0) is 6.41. The maximum absolute atomic E-state index is 10.4. The van der Waals surface area contributed by atoms with Crippen molar-refractivity contribution in [2.24, 2.45) is 0 Å². The second kappa shape index (κ2) is 5.12. The summed E-state index contributed by atoms with van der Waals surface area (Å²) in [7, 11) is 0. The van der Waals surface area contributed by atoms with Gasteiger partial charge in [-0.3, -0.25) is 0 Å². The van der Waals surface area contributed by atoms with Crippen LogP contribution in [0, 0.1) is 0 Å². The van der Waals surface area contributed by atoms with E-state index in [0.29, 0.717) is 11.6 Å². The molecule has 0 amide bonds. The summed E-state index contributed by atoms with van der Waals surface area (Å²) < 4.78 is 14.8. The van der Waals surface area contributed by atoms with Crippen molar-refractivity contribution in [3.63, 3.8) is 0 Å². The first kappa shape index (κ1) is 7.98.